The zero-order chi connectivity index (χ0) is 8.04. The molecule has 0 nitrogen and oxygen atoms in total. The van der Waals surface area contributed by atoms with Crippen molar-refractivity contribution < 1.29 is 0 Å². The van der Waals surface area contributed by atoms with E-state index in [1.807, 2.05) is 0 Å². The van der Waals surface area contributed by atoms with Crippen molar-refractivity contribution >= 4 is 48.8 Å². The van der Waals surface area contributed by atoms with Crippen LogP contribution < -0.4 is 0 Å². The Morgan fingerprint density at radius 1 is 1.30 bits per heavy atom. The average molecular weight is 234 g/mol. The molecule has 10 heavy (non-hydrogen) atoms. The van der Waals surface area contributed by atoms with E-state index in [1.165, 1.54) is 12.1 Å². The first kappa shape index (κ1) is 11.3. The fourth-order valence-electron chi connectivity index (χ4n) is 0.591. The lowest BCUT2D eigenvalue weighted by Gasteiger charge is -2.05. The maximum atomic E-state index is 5.68. The summed E-state index contributed by atoms with van der Waals surface area (Å²) >= 11 is 17.1. The Kier molecular flexibility index (Phi) is 6.66. The molecule has 0 bridgehead atoms. The molecule has 0 aromatic carbocycles. The highest BCUT2D eigenvalue weighted by molar-refractivity contribution is 7.64. The predicted octanol–water partition coefficient (Wildman–Crippen LogP) is 3.59. The van der Waals surface area contributed by atoms with Crippen molar-refractivity contribution in [2.45, 2.75) is 31.5 Å². The first-order valence-corrected chi connectivity index (χ1v) is 9.99. The van der Waals surface area contributed by atoms with Crippen LogP contribution in [0.5, 0.6) is 0 Å². The standard InChI is InChI=1S/C5H11Cl3Si2/c1-2-9-4-3-5-10(6,7)8/h2-5H2,1H3. The van der Waals surface area contributed by atoms with Crippen LogP contribution in [0.25, 0.3) is 0 Å². The highest BCUT2D eigenvalue weighted by Crippen LogP contribution is 2.26. The minimum Gasteiger partial charge on any atom is -0.126 e. The van der Waals surface area contributed by atoms with Crippen molar-refractivity contribution in [1.82, 2.24) is 0 Å². The van der Waals surface area contributed by atoms with Gasteiger partial charge >= 0.3 is 6.00 Å². The van der Waals surface area contributed by atoms with Gasteiger partial charge in [0.05, 0.1) is 0 Å². The maximum Gasteiger partial charge on any atom is 0.341 e. The van der Waals surface area contributed by atoms with Gasteiger partial charge in [0.2, 0.25) is 0 Å². The Morgan fingerprint density at radius 3 is 2.30 bits per heavy atom. The van der Waals surface area contributed by atoms with Crippen LogP contribution in [0, 0.1) is 0 Å². The van der Waals surface area contributed by atoms with Gasteiger partial charge in [-0.2, -0.15) is 0 Å². The topological polar surface area (TPSA) is 0 Å². The molecule has 5 heteroatoms. The molecule has 0 saturated carbocycles. The third-order valence-electron chi connectivity index (χ3n) is 1.06. The average Bonchev–Trinajstić information content (AvgIpc) is 1.78. The molecule has 0 fully saturated rings. The summed E-state index contributed by atoms with van der Waals surface area (Å²) in [6, 6.07) is 1.04. The monoisotopic (exact) mass is 232 g/mol. The predicted molar refractivity (Wildman–Crippen MR) is 53.8 cm³/mol. The zero-order valence-electron chi connectivity index (χ0n) is 5.96. The summed E-state index contributed by atoms with van der Waals surface area (Å²) in [6.45, 7) is 2.19. The minimum absolute atomic E-state index is 0.824. The van der Waals surface area contributed by atoms with Crippen LogP contribution in [-0.2, 0) is 0 Å². The fourth-order valence-corrected chi connectivity index (χ4v) is 3.50. The van der Waals surface area contributed by atoms with Crippen molar-refractivity contribution in [3.63, 3.8) is 0 Å². The Balaban J connectivity index is 3.04. The maximum absolute atomic E-state index is 5.68. The van der Waals surface area contributed by atoms with Gasteiger partial charge in [0.25, 0.3) is 0 Å². The van der Waals surface area contributed by atoms with Gasteiger partial charge in [-0.25, -0.2) is 0 Å². The smallest absolute Gasteiger partial charge is 0.126 e. The van der Waals surface area contributed by atoms with Crippen LogP contribution in [0.3, 0.4) is 0 Å². The minimum atomic E-state index is -2.29. The number of halogens is 3. The lowest BCUT2D eigenvalue weighted by Crippen LogP contribution is -2.08. The van der Waals surface area contributed by atoms with E-state index < -0.39 is 6.00 Å². The van der Waals surface area contributed by atoms with Crippen LogP contribution in [0.2, 0.25) is 18.1 Å². The molecule has 0 aliphatic rings. The van der Waals surface area contributed by atoms with Gasteiger partial charge < -0.3 is 0 Å². The van der Waals surface area contributed by atoms with Crippen molar-refractivity contribution in [1.29, 1.82) is 0 Å². The second kappa shape index (κ2) is 5.89. The van der Waals surface area contributed by atoms with Gasteiger partial charge in [0.1, 0.15) is 0 Å². The van der Waals surface area contributed by atoms with E-state index >= 15 is 0 Å². The Hall–Kier alpha value is 1.30. The lowest BCUT2D eigenvalue weighted by molar-refractivity contribution is 1.05. The van der Waals surface area contributed by atoms with Crippen molar-refractivity contribution in [3.05, 3.63) is 0 Å². The van der Waals surface area contributed by atoms with Crippen LogP contribution >= 0.6 is 33.2 Å². The van der Waals surface area contributed by atoms with E-state index in [0.29, 0.717) is 0 Å². The van der Waals surface area contributed by atoms with E-state index in [9.17, 15) is 0 Å². The van der Waals surface area contributed by atoms with E-state index in [0.717, 1.165) is 22.0 Å². The normalized spacial score (nSPS) is 12.0. The quantitative estimate of drug-likeness (QED) is 0.387. The van der Waals surface area contributed by atoms with Crippen molar-refractivity contribution in [2.75, 3.05) is 0 Å². The number of rotatable bonds is 5. The first-order chi connectivity index (χ1) is 4.56. The Morgan fingerprint density at radius 2 is 1.90 bits per heavy atom. The first-order valence-electron chi connectivity index (χ1n) is 3.33. The molecule has 0 saturated heterocycles. The summed E-state index contributed by atoms with van der Waals surface area (Å²) in [6.07, 6.45) is 1.09. The summed E-state index contributed by atoms with van der Waals surface area (Å²) < 4.78 is 0. The van der Waals surface area contributed by atoms with Gasteiger partial charge in [-0.1, -0.05) is 25.4 Å². The van der Waals surface area contributed by atoms with Gasteiger partial charge in [-0.3, -0.25) is 0 Å². The number of hydrogen-bond acceptors (Lipinski definition) is 0. The second-order valence-corrected chi connectivity index (χ2v) is 13.1. The second-order valence-electron chi connectivity index (χ2n) is 2.07. The summed E-state index contributed by atoms with van der Waals surface area (Å²) in [7, 11) is 1.05. The van der Waals surface area contributed by atoms with Crippen LogP contribution in [-0.4, -0.2) is 15.5 Å². The molecular weight excluding hydrogens is 223 g/mol. The molecule has 0 aromatic heterocycles. The summed E-state index contributed by atoms with van der Waals surface area (Å²) in [4.78, 5) is 0. The molecule has 0 spiro atoms. The molecule has 0 heterocycles. The lowest BCUT2D eigenvalue weighted by atomic mass is 10.6. The molecule has 60 valence electrons. The molecular formula is C5H11Cl3Si2. The van der Waals surface area contributed by atoms with Crippen molar-refractivity contribution in [2.24, 2.45) is 0 Å². The molecule has 0 rings (SSSR count). The molecule has 0 amide bonds. The van der Waals surface area contributed by atoms with Crippen molar-refractivity contribution in [3.8, 4) is 0 Å². The SMILES string of the molecule is CC[Si]CCC[Si](Cl)(Cl)Cl. The Bertz CT molecular complexity index is 81.5. The fraction of sp³-hybridized carbons (Fsp3) is 1.00. The molecule has 0 aromatic rings. The van der Waals surface area contributed by atoms with E-state index in [2.05, 4.69) is 6.92 Å². The number of hydrogen-bond donors (Lipinski definition) is 0. The molecule has 2 radical (unpaired) electrons. The van der Waals surface area contributed by atoms with Gasteiger partial charge in [-0.15, -0.1) is 33.2 Å². The van der Waals surface area contributed by atoms with Crippen LogP contribution in [0.4, 0.5) is 0 Å². The molecule has 0 unspecified atom stereocenters. The van der Waals surface area contributed by atoms with Crippen LogP contribution in [0.1, 0.15) is 13.3 Å². The molecule has 0 aliphatic heterocycles. The van der Waals surface area contributed by atoms with E-state index in [4.69, 9.17) is 33.2 Å². The molecule has 0 aliphatic carbocycles. The summed E-state index contributed by atoms with van der Waals surface area (Å²) in [5.74, 6) is 0. The van der Waals surface area contributed by atoms with Gasteiger partial charge in [0.15, 0.2) is 0 Å². The Labute approximate surface area is 80.2 Å². The van der Waals surface area contributed by atoms with Crippen LogP contribution in [0.15, 0.2) is 0 Å². The third kappa shape index (κ3) is 9.30. The molecule has 0 atom stereocenters. The van der Waals surface area contributed by atoms with Gasteiger partial charge in [-0.05, 0) is 6.04 Å². The largest absolute Gasteiger partial charge is 0.341 e. The highest BCUT2D eigenvalue weighted by atomic mass is 35.8. The highest BCUT2D eigenvalue weighted by Gasteiger charge is 2.23. The van der Waals surface area contributed by atoms with E-state index in [1.54, 1.807) is 0 Å². The van der Waals surface area contributed by atoms with Gasteiger partial charge in [0, 0.05) is 9.52 Å². The molecule has 0 N–H and O–H groups in total. The summed E-state index contributed by atoms with van der Waals surface area (Å²) in [5, 5.41) is 0. The zero-order valence-corrected chi connectivity index (χ0v) is 10.2. The third-order valence-corrected chi connectivity index (χ3v) is 4.89. The summed E-state index contributed by atoms with van der Waals surface area (Å²) in [5.41, 5.74) is 0. The van der Waals surface area contributed by atoms with E-state index in [-0.39, 0.29) is 0 Å².